The first kappa shape index (κ1) is 10.1. The zero-order valence-corrected chi connectivity index (χ0v) is 8.18. The Hall–Kier alpha value is 0.137. The van der Waals surface area contributed by atoms with Crippen molar-refractivity contribution in [2.45, 2.75) is 38.9 Å². The molecule has 0 aliphatic heterocycles. The van der Waals surface area contributed by atoms with Gasteiger partial charge in [0.1, 0.15) is 0 Å². The van der Waals surface area contributed by atoms with Crippen LogP contribution in [0.15, 0.2) is 0 Å². The molecule has 1 atom stereocenters. The summed E-state index contributed by atoms with van der Waals surface area (Å²) in [6.45, 7) is 7.23. The van der Waals surface area contributed by atoms with E-state index in [1.807, 2.05) is 0 Å². The average molecular weight is 160 g/mol. The molecule has 0 saturated heterocycles. The van der Waals surface area contributed by atoms with Gasteiger partial charge in [0.15, 0.2) is 0 Å². The number of nitrogens with two attached hydrogens (primary N) is 1. The summed E-state index contributed by atoms with van der Waals surface area (Å²) in [6, 6.07) is 0.335. The molecule has 0 aliphatic carbocycles. The van der Waals surface area contributed by atoms with E-state index in [1.54, 1.807) is 0 Å². The van der Waals surface area contributed by atoms with Crippen molar-refractivity contribution in [1.82, 2.24) is 0 Å². The monoisotopic (exact) mass is 160 g/mol. The molecule has 0 spiro atoms. The fraction of sp³-hybridized carbons (Fsp3) is 1.00. The molecule has 1 radical (unpaired) electrons. The Morgan fingerprint density at radius 2 is 2.10 bits per heavy atom. The van der Waals surface area contributed by atoms with Crippen LogP contribution in [0.5, 0.6) is 0 Å². The highest BCUT2D eigenvalue weighted by Gasteiger charge is 2.00. The summed E-state index contributed by atoms with van der Waals surface area (Å²) in [7, 11) is -0.494. The molecular weight excluding hydrogens is 142 g/mol. The summed E-state index contributed by atoms with van der Waals surface area (Å²) < 4.78 is 5.44. The van der Waals surface area contributed by atoms with Crippen molar-refractivity contribution in [2.75, 3.05) is 6.61 Å². The van der Waals surface area contributed by atoms with Crippen LogP contribution >= 0.6 is 0 Å². The zero-order valence-electron chi connectivity index (χ0n) is 7.18. The second kappa shape index (κ2) is 5.89. The quantitative estimate of drug-likeness (QED) is 0.617. The summed E-state index contributed by atoms with van der Waals surface area (Å²) >= 11 is 0. The van der Waals surface area contributed by atoms with E-state index in [9.17, 15) is 0 Å². The van der Waals surface area contributed by atoms with Crippen LogP contribution in [0, 0.1) is 0 Å². The molecule has 0 amide bonds. The van der Waals surface area contributed by atoms with Crippen LogP contribution in [0.1, 0.15) is 19.8 Å². The van der Waals surface area contributed by atoms with Crippen LogP contribution in [0.2, 0.25) is 13.1 Å². The van der Waals surface area contributed by atoms with Gasteiger partial charge in [-0.05, 0) is 25.9 Å². The maximum atomic E-state index is 5.69. The Morgan fingerprint density at radius 3 is 2.50 bits per heavy atom. The lowest BCUT2D eigenvalue weighted by Gasteiger charge is -2.09. The largest absolute Gasteiger partial charge is 0.417 e. The van der Waals surface area contributed by atoms with Gasteiger partial charge in [0.25, 0.3) is 0 Å². The summed E-state index contributed by atoms with van der Waals surface area (Å²) in [5, 5.41) is 0. The standard InChI is InChI=1S/C7H18NOSi/c1-4-7(8)5-6-9-10(2)3/h7H,4-6,8H2,1-3H3. The normalized spacial score (nSPS) is 14.1. The van der Waals surface area contributed by atoms with Crippen molar-refractivity contribution in [3.8, 4) is 0 Å². The van der Waals surface area contributed by atoms with Crippen LogP contribution in [-0.2, 0) is 4.43 Å². The highest BCUT2D eigenvalue weighted by molar-refractivity contribution is 6.48. The number of rotatable bonds is 5. The van der Waals surface area contributed by atoms with Crippen molar-refractivity contribution < 1.29 is 4.43 Å². The minimum Gasteiger partial charge on any atom is -0.417 e. The van der Waals surface area contributed by atoms with Gasteiger partial charge in [-0.2, -0.15) is 0 Å². The molecule has 0 aromatic rings. The van der Waals surface area contributed by atoms with Gasteiger partial charge in [0.2, 0.25) is 9.04 Å². The SMILES string of the molecule is CCC(N)CCO[Si](C)C. The predicted molar refractivity (Wildman–Crippen MR) is 46.3 cm³/mol. The van der Waals surface area contributed by atoms with Crippen LogP contribution in [-0.4, -0.2) is 21.7 Å². The van der Waals surface area contributed by atoms with Crippen molar-refractivity contribution in [3.63, 3.8) is 0 Å². The van der Waals surface area contributed by atoms with Crippen molar-refractivity contribution in [2.24, 2.45) is 5.73 Å². The van der Waals surface area contributed by atoms with E-state index in [0.29, 0.717) is 6.04 Å². The van der Waals surface area contributed by atoms with Gasteiger partial charge in [0, 0.05) is 12.6 Å². The molecular formula is C7H18NOSi. The molecule has 10 heavy (non-hydrogen) atoms. The lowest BCUT2D eigenvalue weighted by molar-refractivity contribution is 0.303. The van der Waals surface area contributed by atoms with Crippen molar-refractivity contribution in [1.29, 1.82) is 0 Å². The fourth-order valence-corrected chi connectivity index (χ4v) is 1.14. The molecule has 0 rings (SSSR count). The van der Waals surface area contributed by atoms with Crippen LogP contribution in [0.4, 0.5) is 0 Å². The minimum absolute atomic E-state index is 0.335. The Labute approximate surface area is 65.5 Å². The second-order valence-corrected chi connectivity index (χ2v) is 4.82. The van der Waals surface area contributed by atoms with E-state index in [1.165, 1.54) is 0 Å². The Morgan fingerprint density at radius 1 is 1.50 bits per heavy atom. The molecule has 0 saturated carbocycles. The van der Waals surface area contributed by atoms with E-state index in [0.717, 1.165) is 19.4 Å². The summed E-state index contributed by atoms with van der Waals surface area (Å²) in [6.07, 6.45) is 2.06. The third-order valence-corrected chi connectivity index (χ3v) is 2.19. The summed E-state index contributed by atoms with van der Waals surface area (Å²) in [5.41, 5.74) is 5.69. The molecule has 0 aliphatic rings. The molecule has 2 N–H and O–H groups in total. The Bertz CT molecular complexity index is 78.0. The molecule has 0 bridgehead atoms. The molecule has 0 aromatic carbocycles. The predicted octanol–water partition coefficient (Wildman–Crippen LogP) is 1.38. The zero-order chi connectivity index (χ0) is 7.98. The first-order chi connectivity index (χ1) is 4.66. The van der Waals surface area contributed by atoms with Gasteiger partial charge in [0.05, 0.1) is 0 Å². The van der Waals surface area contributed by atoms with E-state index in [4.69, 9.17) is 10.2 Å². The van der Waals surface area contributed by atoms with E-state index >= 15 is 0 Å². The van der Waals surface area contributed by atoms with Crippen LogP contribution in [0.25, 0.3) is 0 Å². The molecule has 2 nitrogen and oxygen atoms in total. The van der Waals surface area contributed by atoms with Gasteiger partial charge in [-0.1, -0.05) is 6.92 Å². The molecule has 1 unspecified atom stereocenters. The lowest BCUT2D eigenvalue weighted by atomic mass is 10.2. The Balaban J connectivity index is 3.03. The highest BCUT2D eigenvalue weighted by atomic mass is 28.3. The van der Waals surface area contributed by atoms with Gasteiger partial charge in [-0.15, -0.1) is 0 Å². The molecule has 0 heterocycles. The molecule has 3 heteroatoms. The third kappa shape index (κ3) is 6.26. The molecule has 0 aromatic heterocycles. The van der Waals surface area contributed by atoms with Gasteiger partial charge in [-0.3, -0.25) is 0 Å². The van der Waals surface area contributed by atoms with E-state index < -0.39 is 9.04 Å². The summed E-state index contributed by atoms with van der Waals surface area (Å²) in [4.78, 5) is 0. The maximum absolute atomic E-state index is 5.69. The first-order valence-corrected chi connectivity index (χ1v) is 6.26. The number of hydrogen-bond acceptors (Lipinski definition) is 2. The van der Waals surface area contributed by atoms with Gasteiger partial charge in [-0.25, -0.2) is 0 Å². The lowest BCUT2D eigenvalue weighted by Crippen LogP contribution is -2.22. The van der Waals surface area contributed by atoms with E-state index in [2.05, 4.69) is 20.0 Å². The van der Waals surface area contributed by atoms with Crippen molar-refractivity contribution >= 4 is 9.04 Å². The van der Waals surface area contributed by atoms with Crippen LogP contribution in [0.3, 0.4) is 0 Å². The average Bonchev–Trinajstić information content (AvgIpc) is 1.87. The van der Waals surface area contributed by atoms with Gasteiger partial charge < -0.3 is 10.2 Å². The Kier molecular flexibility index (Phi) is 5.97. The van der Waals surface area contributed by atoms with Gasteiger partial charge >= 0.3 is 0 Å². The van der Waals surface area contributed by atoms with Crippen molar-refractivity contribution in [3.05, 3.63) is 0 Å². The molecule has 61 valence electrons. The number of hydrogen-bond donors (Lipinski definition) is 1. The third-order valence-electron chi connectivity index (χ3n) is 1.40. The second-order valence-electron chi connectivity index (χ2n) is 2.71. The van der Waals surface area contributed by atoms with E-state index in [-0.39, 0.29) is 0 Å². The smallest absolute Gasteiger partial charge is 0.204 e. The fourth-order valence-electron chi connectivity index (χ4n) is 0.619. The topological polar surface area (TPSA) is 35.2 Å². The first-order valence-electron chi connectivity index (χ1n) is 3.85. The highest BCUT2D eigenvalue weighted by Crippen LogP contribution is 1.94. The summed E-state index contributed by atoms with van der Waals surface area (Å²) in [5.74, 6) is 0. The maximum Gasteiger partial charge on any atom is 0.204 e. The minimum atomic E-state index is -0.494. The van der Waals surface area contributed by atoms with Crippen LogP contribution < -0.4 is 5.73 Å². The molecule has 0 fully saturated rings.